The molecule has 0 bridgehead atoms. The van der Waals surface area contributed by atoms with Crippen LogP contribution >= 0.6 is 0 Å². The van der Waals surface area contributed by atoms with Crippen molar-refractivity contribution in [2.24, 2.45) is 0 Å². The molecule has 18 heteroatoms. The average molecular weight is 1110 g/mol. The molecule has 0 unspecified atom stereocenters. The van der Waals surface area contributed by atoms with Crippen LogP contribution in [0.1, 0.15) is 11.1 Å². The Bertz CT molecular complexity index is 2170. The first-order valence-electron chi connectivity index (χ1n) is 17.4. The van der Waals surface area contributed by atoms with Crippen LogP contribution < -0.4 is 9.80 Å². The Hall–Kier alpha value is -3.84. The van der Waals surface area contributed by atoms with Crippen molar-refractivity contribution in [1.29, 1.82) is 0 Å². The van der Waals surface area contributed by atoms with E-state index in [2.05, 4.69) is 205 Å². The number of halogens is 12. The summed E-state index contributed by atoms with van der Waals surface area (Å²) >= 11 is -22.5. The molecule has 60 heavy (non-hydrogen) atoms. The van der Waals surface area contributed by atoms with Crippen LogP contribution in [0.5, 0.6) is 0 Å². The second kappa shape index (κ2) is 17.5. The van der Waals surface area contributed by atoms with Gasteiger partial charge in [-0.1, -0.05) is 84.9 Å². The Labute approximate surface area is 351 Å². The zero-order chi connectivity index (χ0) is 44.7. The summed E-state index contributed by atoms with van der Waals surface area (Å²) in [5, 5.41) is 0. The fraction of sp³-hybridized carbons (Fsp3) is 0.0952. The van der Waals surface area contributed by atoms with E-state index in [1.165, 1.54) is 21.2 Å². The van der Waals surface area contributed by atoms with Crippen LogP contribution in [0, 0.1) is 0 Å². The van der Waals surface area contributed by atoms with E-state index in [9.17, 15) is 33.8 Å². The fourth-order valence-corrected chi connectivity index (χ4v) is 6.88. The molecule has 0 aliphatic carbocycles. The predicted octanol–water partition coefficient (Wildman–Crippen LogP) is 15.6. The summed E-state index contributed by atoms with van der Waals surface area (Å²) < 4.78 is 119. The molecule has 0 amide bonds. The van der Waals surface area contributed by atoms with Crippen molar-refractivity contribution < 1.29 is 33.8 Å². The quantitative estimate of drug-likeness (QED) is 0.0584. The molecule has 0 spiro atoms. The third-order valence-electron chi connectivity index (χ3n) is 7.89. The molecule has 0 saturated carbocycles. The number of hydrogen-bond acceptors (Lipinski definition) is 2. The molecule has 6 rings (SSSR count). The van der Waals surface area contributed by atoms with Crippen molar-refractivity contribution in [3.05, 3.63) is 169 Å². The van der Waals surface area contributed by atoms with Crippen LogP contribution in [0.2, 0.25) is 0 Å². The molecule has 0 atom stereocenters. The van der Waals surface area contributed by atoms with Crippen molar-refractivity contribution in [1.82, 2.24) is 0 Å². The summed E-state index contributed by atoms with van der Waals surface area (Å²) in [5.74, 6) is 0. The first kappa shape index (κ1) is 48.8. The molecule has 0 radical (unpaired) electrons. The third-order valence-corrected chi connectivity index (χ3v) is 10.3. The molecule has 0 saturated heterocycles. The van der Waals surface area contributed by atoms with Gasteiger partial charge in [0, 0.05) is 56.7 Å². The molecule has 0 aliphatic rings. The number of para-hydroxylation sites is 2. The van der Waals surface area contributed by atoms with Crippen molar-refractivity contribution >= 4 is 107 Å². The molecule has 0 fully saturated rings. The van der Waals surface area contributed by atoms with Gasteiger partial charge in [0.2, 0.25) is 0 Å². The number of anilines is 6. The third kappa shape index (κ3) is 19.3. The van der Waals surface area contributed by atoms with E-state index in [0.29, 0.717) is 0 Å². The maximum atomic E-state index is 9.93. The van der Waals surface area contributed by atoms with Gasteiger partial charge in [-0.05, 0) is 83.9 Å². The minimum absolute atomic E-state index is 0.192. The second-order valence-corrected chi connectivity index (χ2v) is 28.6. The van der Waals surface area contributed by atoms with Gasteiger partial charge in [0.1, 0.15) is 25.0 Å². The van der Waals surface area contributed by atoms with Gasteiger partial charge in [0.05, 0.1) is 11.4 Å². The van der Waals surface area contributed by atoms with Crippen molar-refractivity contribution in [2.45, 2.75) is 9.79 Å². The van der Waals surface area contributed by atoms with Crippen LogP contribution in [0.25, 0.3) is 12.2 Å². The average Bonchev–Trinajstić information content (AvgIpc) is 3.14. The van der Waals surface area contributed by atoms with Gasteiger partial charge in [-0.15, -0.1) is 0 Å². The summed E-state index contributed by atoms with van der Waals surface area (Å²) in [4.78, 5) is 7.39. The van der Waals surface area contributed by atoms with E-state index < -0.39 is 39.0 Å². The standard InChI is InChI=1S/C42H40N2S2.12FH.2Sb/c1-45(2)41-19-11-17-39(31-41)43(35-13-7-5-8-14-35)37-27-23-33(24-28-37)21-22-34-25-29-38(30-26-34)44(36-15-9-6-10-16-36)40-18-12-20-42(32-40)46(3)4;;;;;;;;;;;;;;/h5-32H,1-4H3;12*1H;;/q+2;;;;;;;;;;;;;2*+5/p-12. The molecule has 0 N–H and O–H groups in total. The Kier molecular flexibility index (Phi) is 14.2. The fourth-order valence-electron chi connectivity index (χ4n) is 5.46. The first-order valence-corrected chi connectivity index (χ1v) is 33.1. The van der Waals surface area contributed by atoms with Gasteiger partial charge in [-0.2, -0.15) is 0 Å². The number of nitrogens with zero attached hydrogens (tertiary/aromatic N) is 2. The monoisotopic (exact) mass is 1110 g/mol. The molecule has 324 valence electrons. The minimum atomic E-state index is -11.2. The normalized spacial score (nSPS) is 14.1. The summed E-state index contributed by atoms with van der Waals surface area (Å²) in [6, 6.07) is 56.6. The Morgan fingerprint density at radius 1 is 0.333 bits per heavy atom. The van der Waals surface area contributed by atoms with E-state index >= 15 is 0 Å². The van der Waals surface area contributed by atoms with Crippen LogP contribution in [-0.2, 0) is 21.8 Å². The summed E-state index contributed by atoms with van der Waals surface area (Å²) in [6.45, 7) is 0. The summed E-state index contributed by atoms with van der Waals surface area (Å²) in [5.41, 5.74) is 9.25. The van der Waals surface area contributed by atoms with Gasteiger partial charge < -0.3 is 9.80 Å². The Morgan fingerprint density at radius 3 is 0.850 bits per heavy atom. The van der Waals surface area contributed by atoms with Gasteiger partial charge in [0.25, 0.3) is 0 Å². The molecule has 0 heterocycles. The van der Waals surface area contributed by atoms with E-state index in [4.69, 9.17) is 0 Å². The molecule has 0 aromatic heterocycles. The van der Waals surface area contributed by atoms with Crippen LogP contribution in [0.15, 0.2) is 168 Å². The number of hydrogen-bond donors (Lipinski definition) is 0. The van der Waals surface area contributed by atoms with E-state index in [1.807, 2.05) is 0 Å². The second-order valence-electron chi connectivity index (χ2n) is 13.4. The van der Waals surface area contributed by atoms with Gasteiger partial charge in [-0.25, -0.2) is 0 Å². The van der Waals surface area contributed by atoms with E-state index in [0.717, 1.165) is 33.9 Å². The van der Waals surface area contributed by atoms with Gasteiger partial charge in [0.15, 0.2) is 9.79 Å². The van der Waals surface area contributed by atoms with Crippen molar-refractivity contribution in [3.63, 3.8) is 0 Å². The Balaban J connectivity index is 0.000000488. The van der Waals surface area contributed by atoms with E-state index in [-0.39, 0.29) is 21.8 Å². The summed E-state index contributed by atoms with van der Waals surface area (Å²) in [7, 11) is 0.383. The molecule has 2 nitrogen and oxygen atoms in total. The molecule has 0 aliphatic heterocycles. The maximum absolute atomic E-state index is 11.2. The predicted molar refractivity (Wildman–Crippen MR) is 231 cm³/mol. The molecular formula is C42H40F12N2S2Sb2. The number of rotatable bonds is 10. The number of benzene rings is 6. The topological polar surface area (TPSA) is 6.48 Å². The van der Waals surface area contributed by atoms with Crippen LogP contribution in [0.3, 0.4) is 0 Å². The van der Waals surface area contributed by atoms with Crippen LogP contribution in [0.4, 0.5) is 67.9 Å². The van der Waals surface area contributed by atoms with E-state index in [1.54, 1.807) is 0 Å². The summed E-state index contributed by atoms with van der Waals surface area (Å²) in [6.07, 6.45) is 13.5. The molecule has 6 aromatic rings. The zero-order valence-corrected chi connectivity index (χ0v) is 39.0. The van der Waals surface area contributed by atoms with Crippen LogP contribution in [-0.4, -0.2) is 64.0 Å². The zero-order valence-electron chi connectivity index (χ0n) is 32.3. The van der Waals surface area contributed by atoms with Crippen molar-refractivity contribution in [2.75, 3.05) is 34.8 Å². The Morgan fingerprint density at radius 2 is 0.583 bits per heavy atom. The van der Waals surface area contributed by atoms with Crippen molar-refractivity contribution in [3.8, 4) is 0 Å². The first-order chi connectivity index (χ1) is 27.4. The van der Waals surface area contributed by atoms with Gasteiger partial charge in [-0.3, -0.25) is 0 Å². The van der Waals surface area contributed by atoms with Gasteiger partial charge >= 0.3 is 72.7 Å². The SMILES string of the molecule is C[S+](C)c1cccc(N(c2ccccc2)c2ccc(C=Cc3ccc(N(c4ccccc4)c4cccc([S+](C)C)c4)cc3)cc2)c1.[F][Sb-]([F])([F])([F])([F])[F].[F][Sb-]([F])([F])([F])([F])[F]. The molecular weight excluding hydrogens is 1070 g/mol. The molecule has 6 aromatic carbocycles.